The fourth-order valence-electron chi connectivity index (χ4n) is 1.57. The van der Waals surface area contributed by atoms with Crippen molar-refractivity contribution in [3.05, 3.63) is 58.4 Å². The van der Waals surface area contributed by atoms with E-state index < -0.39 is 0 Å². The Morgan fingerprint density at radius 3 is 2.62 bits per heavy atom. The van der Waals surface area contributed by atoms with Gasteiger partial charge in [-0.3, -0.25) is 15.1 Å². The fourth-order valence-corrected chi connectivity index (χ4v) is 1.57. The number of nitro benzene ring substituents is 1. The summed E-state index contributed by atoms with van der Waals surface area (Å²) in [4.78, 5) is 14.3. The molecule has 0 aliphatic heterocycles. The third-order valence-corrected chi connectivity index (χ3v) is 2.39. The zero-order chi connectivity index (χ0) is 11.5. The molecule has 0 fully saturated rings. The Bertz CT molecular complexity index is 524. The summed E-state index contributed by atoms with van der Waals surface area (Å²) in [6, 6.07) is 8.83. The van der Waals surface area contributed by atoms with Gasteiger partial charge in [-0.15, -0.1) is 0 Å². The molecule has 0 amide bonds. The van der Waals surface area contributed by atoms with Gasteiger partial charge in [-0.1, -0.05) is 6.07 Å². The smallest absolute Gasteiger partial charge is 0.264 e. The van der Waals surface area contributed by atoms with Gasteiger partial charge >= 0.3 is 0 Å². The molecule has 2 rings (SSSR count). The van der Waals surface area contributed by atoms with Crippen molar-refractivity contribution in [1.29, 1.82) is 0 Å². The van der Waals surface area contributed by atoms with Gasteiger partial charge in [0.25, 0.3) is 5.69 Å². The molecule has 0 spiro atoms. The van der Waals surface area contributed by atoms with Crippen LogP contribution in [0.15, 0.2) is 42.7 Å². The van der Waals surface area contributed by atoms with Gasteiger partial charge in [0.05, 0.1) is 4.92 Å². The van der Waals surface area contributed by atoms with Gasteiger partial charge in [-0.25, -0.2) is 0 Å². The number of hydrogen-bond donors (Lipinski definition) is 0. The van der Waals surface area contributed by atoms with Crippen molar-refractivity contribution >= 4 is 5.69 Å². The first-order valence-corrected chi connectivity index (χ1v) is 4.84. The molecule has 0 radical (unpaired) electrons. The first-order valence-electron chi connectivity index (χ1n) is 4.84. The molecule has 16 heavy (non-hydrogen) atoms. The number of benzene rings is 1. The molecule has 4 nitrogen and oxygen atoms in total. The van der Waals surface area contributed by atoms with Crippen LogP contribution >= 0.6 is 0 Å². The average molecular weight is 214 g/mol. The zero-order valence-corrected chi connectivity index (χ0v) is 8.75. The highest BCUT2D eigenvalue weighted by Crippen LogP contribution is 2.25. The second kappa shape index (κ2) is 4.10. The van der Waals surface area contributed by atoms with E-state index in [0.717, 1.165) is 11.1 Å². The van der Waals surface area contributed by atoms with E-state index in [1.165, 1.54) is 6.07 Å². The first kappa shape index (κ1) is 10.3. The molecule has 0 bridgehead atoms. The number of rotatable bonds is 2. The third kappa shape index (κ3) is 1.91. The van der Waals surface area contributed by atoms with Crippen molar-refractivity contribution < 1.29 is 4.92 Å². The maximum atomic E-state index is 10.7. The Kier molecular flexibility index (Phi) is 2.64. The van der Waals surface area contributed by atoms with Crippen LogP contribution in [0.2, 0.25) is 0 Å². The van der Waals surface area contributed by atoms with Gasteiger partial charge in [-0.05, 0) is 30.7 Å². The largest absolute Gasteiger partial charge is 0.272 e. The monoisotopic (exact) mass is 214 g/mol. The van der Waals surface area contributed by atoms with Crippen LogP contribution < -0.4 is 0 Å². The molecule has 0 aliphatic rings. The van der Waals surface area contributed by atoms with E-state index >= 15 is 0 Å². The van der Waals surface area contributed by atoms with Crippen molar-refractivity contribution in [3.8, 4) is 11.1 Å². The van der Waals surface area contributed by atoms with Crippen LogP contribution in [0.3, 0.4) is 0 Å². The number of nitrogens with zero attached hydrogens (tertiary/aromatic N) is 2. The summed E-state index contributed by atoms with van der Waals surface area (Å²) in [5, 5.41) is 10.7. The van der Waals surface area contributed by atoms with E-state index in [9.17, 15) is 10.1 Å². The van der Waals surface area contributed by atoms with Crippen LogP contribution in [0, 0.1) is 17.0 Å². The van der Waals surface area contributed by atoms with E-state index in [-0.39, 0.29) is 10.6 Å². The van der Waals surface area contributed by atoms with Crippen molar-refractivity contribution in [2.75, 3.05) is 0 Å². The molecule has 1 aromatic heterocycles. The Labute approximate surface area is 92.7 Å². The predicted molar refractivity (Wildman–Crippen MR) is 61.1 cm³/mol. The normalized spacial score (nSPS) is 10.1. The van der Waals surface area contributed by atoms with Gasteiger partial charge in [-0.2, -0.15) is 0 Å². The number of hydrogen-bond acceptors (Lipinski definition) is 3. The lowest BCUT2D eigenvalue weighted by atomic mass is 10.0. The molecule has 0 saturated carbocycles. The molecule has 4 heteroatoms. The summed E-state index contributed by atoms with van der Waals surface area (Å²) in [5.74, 6) is 0. The standard InChI is InChI=1S/C12H10N2O2/c1-9-7-10(4-5-12(9)14(15)16)11-3-2-6-13-8-11/h2-8H,1H3. The van der Waals surface area contributed by atoms with Crippen molar-refractivity contribution in [2.45, 2.75) is 6.92 Å². The number of aryl methyl sites for hydroxylation is 1. The SMILES string of the molecule is Cc1cc(-c2cccnc2)ccc1[N+](=O)[O-]. The minimum atomic E-state index is -0.373. The van der Waals surface area contributed by atoms with Crippen LogP contribution in [0.5, 0.6) is 0 Å². The Balaban J connectivity index is 2.46. The Morgan fingerprint density at radius 1 is 1.25 bits per heavy atom. The lowest BCUT2D eigenvalue weighted by Crippen LogP contribution is -1.91. The Morgan fingerprint density at radius 2 is 2.06 bits per heavy atom. The highest BCUT2D eigenvalue weighted by atomic mass is 16.6. The number of nitro groups is 1. The minimum absolute atomic E-state index is 0.146. The van der Waals surface area contributed by atoms with Crippen LogP contribution in [0.4, 0.5) is 5.69 Å². The maximum Gasteiger partial charge on any atom is 0.272 e. The molecular formula is C12H10N2O2. The number of aromatic nitrogens is 1. The van der Waals surface area contributed by atoms with E-state index in [1.807, 2.05) is 12.1 Å². The minimum Gasteiger partial charge on any atom is -0.264 e. The van der Waals surface area contributed by atoms with Crippen LogP contribution in [-0.4, -0.2) is 9.91 Å². The van der Waals surface area contributed by atoms with Gasteiger partial charge in [0.1, 0.15) is 0 Å². The molecule has 80 valence electrons. The second-order valence-corrected chi connectivity index (χ2v) is 3.50. The molecule has 0 N–H and O–H groups in total. The first-order chi connectivity index (χ1) is 7.68. The average Bonchev–Trinajstić information content (AvgIpc) is 2.29. The highest BCUT2D eigenvalue weighted by molar-refractivity contribution is 5.65. The molecule has 1 heterocycles. The summed E-state index contributed by atoms with van der Waals surface area (Å²) < 4.78 is 0. The van der Waals surface area contributed by atoms with Crippen molar-refractivity contribution in [2.24, 2.45) is 0 Å². The molecule has 0 atom stereocenters. The zero-order valence-electron chi connectivity index (χ0n) is 8.75. The summed E-state index contributed by atoms with van der Waals surface area (Å²) in [7, 11) is 0. The third-order valence-electron chi connectivity index (χ3n) is 2.39. The molecule has 1 aromatic carbocycles. The lowest BCUT2D eigenvalue weighted by molar-refractivity contribution is -0.385. The van der Waals surface area contributed by atoms with Gasteiger partial charge in [0.15, 0.2) is 0 Å². The quantitative estimate of drug-likeness (QED) is 0.570. The highest BCUT2D eigenvalue weighted by Gasteiger charge is 2.10. The van der Waals surface area contributed by atoms with Crippen LogP contribution in [0.25, 0.3) is 11.1 Å². The second-order valence-electron chi connectivity index (χ2n) is 3.50. The van der Waals surface area contributed by atoms with Gasteiger partial charge in [0.2, 0.25) is 0 Å². The number of pyridine rings is 1. The fraction of sp³-hybridized carbons (Fsp3) is 0.0833. The van der Waals surface area contributed by atoms with Crippen LogP contribution in [0.1, 0.15) is 5.56 Å². The van der Waals surface area contributed by atoms with E-state index in [0.29, 0.717) is 5.56 Å². The summed E-state index contributed by atoms with van der Waals surface area (Å²) in [6.07, 6.45) is 3.43. The molecular weight excluding hydrogens is 204 g/mol. The van der Waals surface area contributed by atoms with E-state index in [2.05, 4.69) is 4.98 Å². The summed E-state index contributed by atoms with van der Waals surface area (Å²) in [5.41, 5.74) is 2.70. The van der Waals surface area contributed by atoms with Gasteiger partial charge in [0, 0.05) is 29.6 Å². The van der Waals surface area contributed by atoms with E-state index in [4.69, 9.17) is 0 Å². The molecule has 0 saturated heterocycles. The molecule has 0 unspecified atom stereocenters. The maximum absolute atomic E-state index is 10.7. The summed E-state index contributed by atoms with van der Waals surface area (Å²) in [6.45, 7) is 1.73. The topological polar surface area (TPSA) is 56.0 Å². The van der Waals surface area contributed by atoms with Crippen LogP contribution in [-0.2, 0) is 0 Å². The molecule has 2 aromatic rings. The lowest BCUT2D eigenvalue weighted by Gasteiger charge is -2.02. The molecule has 0 aliphatic carbocycles. The summed E-state index contributed by atoms with van der Waals surface area (Å²) >= 11 is 0. The predicted octanol–water partition coefficient (Wildman–Crippen LogP) is 2.97. The van der Waals surface area contributed by atoms with Gasteiger partial charge < -0.3 is 0 Å². The Hall–Kier alpha value is -2.23. The van der Waals surface area contributed by atoms with E-state index in [1.54, 1.807) is 31.5 Å². The van der Waals surface area contributed by atoms with Crippen molar-refractivity contribution in [3.63, 3.8) is 0 Å². The van der Waals surface area contributed by atoms with Crippen molar-refractivity contribution in [1.82, 2.24) is 4.98 Å².